The highest BCUT2D eigenvalue weighted by molar-refractivity contribution is 5.93. The van der Waals surface area contributed by atoms with Crippen molar-refractivity contribution in [2.45, 2.75) is 6.42 Å². The predicted molar refractivity (Wildman–Crippen MR) is 80.1 cm³/mol. The number of anilines is 1. The normalized spacial score (nSPS) is 18.3. The number of piperazine rings is 1. The third-order valence-electron chi connectivity index (χ3n) is 3.52. The summed E-state index contributed by atoms with van der Waals surface area (Å²) in [5.41, 5.74) is 0.663. The Bertz CT molecular complexity index is 576. The number of amides is 2. The van der Waals surface area contributed by atoms with Gasteiger partial charge in [-0.15, -0.1) is 0 Å². The third kappa shape index (κ3) is 3.67. The molecule has 2 N–H and O–H groups in total. The molecule has 0 unspecified atom stereocenters. The highest BCUT2D eigenvalue weighted by Crippen LogP contribution is 2.32. The topological polar surface area (TPSA) is 79.9 Å². The molecule has 1 aromatic rings. The summed E-state index contributed by atoms with van der Waals surface area (Å²) < 4.78 is 11.1. The van der Waals surface area contributed by atoms with Crippen LogP contribution >= 0.6 is 0 Å². The average molecular weight is 305 g/mol. The van der Waals surface area contributed by atoms with Crippen LogP contribution < -0.4 is 20.1 Å². The zero-order chi connectivity index (χ0) is 15.4. The van der Waals surface area contributed by atoms with E-state index in [0.29, 0.717) is 43.5 Å². The van der Waals surface area contributed by atoms with Gasteiger partial charge in [0.1, 0.15) is 0 Å². The summed E-state index contributed by atoms with van der Waals surface area (Å²) in [4.78, 5) is 25.2. The summed E-state index contributed by atoms with van der Waals surface area (Å²) in [5.74, 6) is 1.15. The lowest BCUT2D eigenvalue weighted by Gasteiger charge is -2.25. The van der Waals surface area contributed by atoms with Crippen LogP contribution in [0, 0.1) is 0 Å². The molecule has 0 atom stereocenters. The highest BCUT2D eigenvalue weighted by Gasteiger charge is 2.19. The van der Waals surface area contributed by atoms with Gasteiger partial charge in [-0.2, -0.15) is 0 Å². The van der Waals surface area contributed by atoms with Crippen LogP contribution in [0.25, 0.3) is 0 Å². The number of nitrogens with zero attached hydrogens (tertiary/aromatic N) is 1. The lowest BCUT2D eigenvalue weighted by Crippen LogP contribution is -2.49. The molecule has 0 aromatic heterocycles. The van der Waals surface area contributed by atoms with Gasteiger partial charge in [0.2, 0.25) is 11.8 Å². The minimum atomic E-state index is -0.149. The molecule has 7 heteroatoms. The van der Waals surface area contributed by atoms with Crippen molar-refractivity contribution in [2.24, 2.45) is 0 Å². The Morgan fingerprint density at radius 2 is 2.09 bits per heavy atom. The van der Waals surface area contributed by atoms with E-state index in [9.17, 15) is 9.59 Å². The maximum absolute atomic E-state index is 12.1. The first-order chi connectivity index (χ1) is 10.7. The van der Waals surface area contributed by atoms with Gasteiger partial charge < -0.3 is 20.1 Å². The average Bonchev–Trinajstić information content (AvgIpc) is 2.72. The van der Waals surface area contributed by atoms with Gasteiger partial charge in [-0.05, 0) is 12.1 Å². The maximum atomic E-state index is 12.1. The van der Waals surface area contributed by atoms with Crippen molar-refractivity contribution in [1.29, 1.82) is 0 Å². The van der Waals surface area contributed by atoms with Crippen LogP contribution in [0.4, 0.5) is 5.69 Å². The van der Waals surface area contributed by atoms with Crippen LogP contribution in [0.15, 0.2) is 18.2 Å². The number of ether oxygens (including phenoxy) is 2. The lowest BCUT2D eigenvalue weighted by molar-refractivity contribution is -0.125. The summed E-state index contributed by atoms with van der Waals surface area (Å²) in [7, 11) is 0. The molecule has 7 nitrogen and oxygen atoms in total. The van der Waals surface area contributed by atoms with Crippen molar-refractivity contribution < 1.29 is 19.1 Å². The van der Waals surface area contributed by atoms with E-state index in [1.54, 1.807) is 18.2 Å². The molecule has 0 aliphatic carbocycles. The molecule has 0 saturated carbocycles. The zero-order valence-corrected chi connectivity index (χ0v) is 12.3. The molecule has 118 valence electrons. The molecule has 3 rings (SSSR count). The van der Waals surface area contributed by atoms with Gasteiger partial charge in [-0.25, -0.2) is 0 Å². The van der Waals surface area contributed by atoms with Gasteiger partial charge in [0.15, 0.2) is 11.5 Å². The second kappa shape index (κ2) is 6.65. The number of hydrogen-bond donors (Lipinski definition) is 2. The van der Waals surface area contributed by atoms with E-state index < -0.39 is 0 Å². The Balaban J connectivity index is 1.59. The SMILES string of the molecule is O=C1CN(CC(=O)Nc2ccc3c(c2)OCCCO3)CCN1. The third-order valence-corrected chi connectivity index (χ3v) is 3.52. The van der Waals surface area contributed by atoms with Crippen LogP contribution in [-0.2, 0) is 9.59 Å². The minimum Gasteiger partial charge on any atom is -0.490 e. The fourth-order valence-electron chi connectivity index (χ4n) is 2.47. The summed E-state index contributed by atoms with van der Waals surface area (Å²) in [6.07, 6.45) is 0.841. The van der Waals surface area contributed by atoms with Crippen LogP contribution in [0.1, 0.15) is 6.42 Å². The highest BCUT2D eigenvalue weighted by atomic mass is 16.5. The predicted octanol–water partition coefficient (Wildman–Crippen LogP) is 0.218. The van der Waals surface area contributed by atoms with Crippen molar-refractivity contribution in [3.8, 4) is 11.5 Å². The molecule has 1 fully saturated rings. The molecule has 2 amide bonds. The monoisotopic (exact) mass is 305 g/mol. The van der Waals surface area contributed by atoms with E-state index in [2.05, 4.69) is 10.6 Å². The first kappa shape index (κ1) is 14.6. The first-order valence-electron chi connectivity index (χ1n) is 7.39. The molecule has 1 aromatic carbocycles. The number of carbonyl (C=O) groups is 2. The Hall–Kier alpha value is -2.28. The zero-order valence-electron chi connectivity index (χ0n) is 12.3. The van der Waals surface area contributed by atoms with E-state index in [-0.39, 0.29) is 24.9 Å². The van der Waals surface area contributed by atoms with Gasteiger partial charge >= 0.3 is 0 Å². The van der Waals surface area contributed by atoms with Crippen molar-refractivity contribution in [3.05, 3.63) is 18.2 Å². The fourth-order valence-corrected chi connectivity index (χ4v) is 2.47. The lowest BCUT2D eigenvalue weighted by atomic mass is 10.2. The summed E-state index contributed by atoms with van der Waals surface area (Å²) in [6, 6.07) is 5.35. The van der Waals surface area contributed by atoms with Gasteiger partial charge in [-0.1, -0.05) is 0 Å². The van der Waals surface area contributed by atoms with Crippen molar-refractivity contribution in [3.63, 3.8) is 0 Å². The summed E-state index contributed by atoms with van der Waals surface area (Å²) in [6.45, 7) is 2.95. The molecule has 2 aliphatic heterocycles. The number of rotatable bonds is 3. The van der Waals surface area contributed by atoms with Crippen LogP contribution in [0.3, 0.4) is 0 Å². The van der Waals surface area contributed by atoms with Crippen molar-refractivity contribution in [1.82, 2.24) is 10.2 Å². The molecule has 0 spiro atoms. The number of benzene rings is 1. The second-order valence-corrected chi connectivity index (χ2v) is 5.32. The van der Waals surface area contributed by atoms with E-state index in [4.69, 9.17) is 9.47 Å². The largest absolute Gasteiger partial charge is 0.490 e. The minimum absolute atomic E-state index is 0.0466. The number of fused-ring (bicyclic) bond motifs is 1. The van der Waals surface area contributed by atoms with Crippen molar-refractivity contribution >= 4 is 17.5 Å². The van der Waals surface area contributed by atoms with E-state index in [0.717, 1.165) is 6.42 Å². The molecule has 0 bridgehead atoms. The Morgan fingerprint density at radius 1 is 1.27 bits per heavy atom. The van der Waals surface area contributed by atoms with Gasteiger partial charge in [0, 0.05) is 31.3 Å². The van der Waals surface area contributed by atoms with Crippen LogP contribution in [0.5, 0.6) is 11.5 Å². The smallest absolute Gasteiger partial charge is 0.238 e. The fraction of sp³-hybridized carbons (Fsp3) is 0.467. The number of nitrogens with one attached hydrogen (secondary N) is 2. The van der Waals surface area contributed by atoms with Crippen LogP contribution in [0.2, 0.25) is 0 Å². The van der Waals surface area contributed by atoms with Gasteiger partial charge in [0.25, 0.3) is 0 Å². The number of carbonyl (C=O) groups excluding carboxylic acids is 2. The first-order valence-corrected chi connectivity index (χ1v) is 7.39. The maximum Gasteiger partial charge on any atom is 0.238 e. The molecule has 2 heterocycles. The molecule has 0 radical (unpaired) electrons. The van der Waals surface area contributed by atoms with E-state index in [1.807, 2.05) is 4.90 Å². The molecule has 2 aliphatic rings. The van der Waals surface area contributed by atoms with Crippen LogP contribution in [-0.4, -0.2) is 56.1 Å². The molecule has 22 heavy (non-hydrogen) atoms. The quantitative estimate of drug-likeness (QED) is 0.835. The molecular weight excluding hydrogens is 286 g/mol. The second-order valence-electron chi connectivity index (χ2n) is 5.32. The van der Waals surface area contributed by atoms with E-state index in [1.165, 1.54) is 0 Å². The number of hydrogen-bond acceptors (Lipinski definition) is 5. The summed E-state index contributed by atoms with van der Waals surface area (Å²) in [5, 5.41) is 5.56. The Labute approximate surface area is 128 Å². The van der Waals surface area contributed by atoms with Gasteiger partial charge in [0.05, 0.1) is 26.3 Å². The Kier molecular flexibility index (Phi) is 4.43. The molecule has 1 saturated heterocycles. The van der Waals surface area contributed by atoms with Gasteiger partial charge in [-0.3, -0.25) is 14.5 Å². The van der Waals surface area contributed by atoms with E-state index >= 15 is 0 Å². The summed E-state index contributed by atoms with van der Waals surface area (Å²) >= 11 is 0. The molecular formula is C15H19N3O4. The standard InChI is InChI=1S/C15H19N3O4/c19-14-9-18(5-4-16-14)10-15(20)17-11-2-3-12-13(8-11)22-7-1-6-21-12/h2-3,8H,1,4-7,9-10H2,(H,16,19)(H,17,20). The van der Waals surface area contributed by atoms with Crippen molar-refractivity contribution in [2.75, 3.05) is 44.7 Å². The Morgan fingerprint density at radius 3 is 2.91 bits per heavy atom.